The predicted molar refractivity (Wildman–Crippen MR) is 70.3 cm³/mol. The standard InChI is InChI=1S/C15H10O4/c16-12-1-2-13-10(6-12)5-11(15(17)18)7-14(13)9-3-4-19-8-9/h1-8,16H,(H,17,18). The van der Waals surface area contributed by atoms with Crippen molar-refractivity contribution in [3.63, 3.8) is 0 Å². The van der Waals surface area contributed by atoms with Crippen LogP contribution in [-0.4, -0.2) is 16.2 Å². The minimum atomic E-state index is -1.00. The predicted octanol–water partition coefficient (Wildman–Crippen LogP) is 3.50. The van der Waals surface area contributed by atoms with Crippen LogP contribution in [0.1, 0.15) is 10.4 Å². The van der Waals surface area contributed by atoms with Gasteiger partial charge in [0.05, 0.1) is 18.1 Å². The average Bonchev–Trinajstić information content (AvgIpc) is 2.90. The summed E-state index contributed by atoms with van der Waals surface area (Å²) in [5, 5.41) is 20.2. The summed E-state index contributed by atoms with van der Waals surface area (Å²) in [4.78, 5) is 11.2. The van der Waals surface area contributed by atoms with Crippen LogP contribution in [0.25, 0.3) is 21.9 Å². The van der Waals surface area contributed by atoms with Crippen molar-refractivity contribution in [3.05, 3.63) is 54.5 Å². The van der Waals surface area contributed by atoms with Gasteiger partial charge in [0.15, 0.2) is 0 Å². The molecule has 0 fully saturated rings. The molecule has 0 saturated carbocycles. The summed E-state index contributed by atoms with van der Waals surface area (Å²) in [6.07, 6.45) is 3.10. The summed E-state index contributed by atoms with van der Waals surface area (Å²) in [6.45, 7) is 0. The topological polar surface area (TPSA) is 70.7 Å². The number of hydrogen-bond donors (Lipinski definition) is 2. The highest BCUT2D eigenvalue weighted by Gasteiger charge is 2.11. The Morgan fingerprint density at radius 3 is 2.63 bits per heavy atom. The summed E-state index contributed by atoms with van der Waals surface area (Å²) in [5.41, 5.74) is 1.75. The van der Waals surface area contributed by atoms with Gasteiger partial charge in [-0.3, -0.25) is 0 Å². The molecule has 2 N–H and O–H groups in total. The van der Waals surface area contributed by atoms with Crippen LogP contribution in [0.4, 0.5) is 0 Å². The lowest BCUT2D eigenvalue weighted by atomic mass is 9.97. The van der Waals surface area contributed by atoms with Gasteiger partial charge in [-0.25, -0.2) is 4.79 Å². The van der Waals surface area contributed by atoms with Gasteiger partial charge in [-0.05, 0) is 46.7 Å². The summed E-state index contributed by atoms with van der Waals surface area (Å²) < 4.78 is 5.05. The second-order valence-electron chi connectivity index (χ2n) is 4.25. The van der Waals surface area contributed by atoms with Crippen molar-refractivity contribution in [1.82, 2.24) is 0 Å². The molecule has 3 aromatic rings. The average molecular weight is 254 g/mol. The van der Waals surface area contributed by atoms with E-state index < -0.39 is 5.97 Å². The van der Waals surface area contributed by atoms with Crippen molar-refractivity contribution in [2.75, 3.05) is 0 Å². The molecule has 1 aromatic heterocycles. The van der Waals surface area contributed by atoms with Gasteiger partial charge >= 0.3 is 5.97 Å². The Hall–Kier alpha value is -2.75. The number of phenols is 1. The molecule has 19 heavy (non-hydrogen) atoms. The maximum absolute atomic E-state index is 11.2. The van der Waals surface area contributed by atoms with Gasteiger partial charge in [0.25, 0.3) is 0 Å². The molecule has 0 unspecified atom stereocenters. The molecule has 2 aromatic carbocycles. The molecular weight excluding hydrogens is 244 g/mol. The van der Waals surface area contributed by atoms with Crippen molar-refractivity contribution < 1.29 is 19.4 Å². The fourth-order valence-corrected chi connectivity index (χ4v) is 2.14. The molecule has 1 heterocycles. The first-order valence-electron chi connectivity index (χ1n) is 5.68. The molecule has 0 atom stereocenters. The molecule has 4 nitrogen and oxygen atoms in total. The normalized spacial score (nSPS) is 10.7. The van der Waals surface area contributed by atoms with Gasteiger partial charge < -0.3 is 14.6 Å². The number of hydrogen-bond acceptors (Lipinski definition) is 3. The van der Waals surface area contributed by atoms with Crippen molar-refractivity contribution in [1.29, 1.82) is 0 Å². The molecule has 3 rings (SSSR count). The highest BCUT2D eigenvalue weighted by Crippen LogP contribution is 2.32. The van der Waals surface area contributed by atoms with Gasteiger partial charge in [-0.15, -0.1) is 0 Å². The maximum atomic E-state index is 11.2. The first-order chi connectivity index (χ1) is 9.15. The first kappa shape index (κ1) is 11.3. The van der Waals surface area contributed by atoms with E-state index in [1.165, 1.54) is 6.26 Å². The number of fused-ring (bicyclic) bond motifs is 1. The van der Waals surface area contributed by atoms with Crippen LogP contribution < -0.4 is 0 Å². The smallest absolute Gasteiger partial charge is 0.335 e. The lowest BCUT2D eigenvalue weighted by Gasteiger charge is -2.07. The number of rotatable bonds is 2. The van der Waals surface area contributed by atoms with Crippen LogP contribution in [0.5, 0.6) is 5.75 Å². The fraction of sp³-hybridized carbons (Fsp3) is 0. The zero-order chi connectivity index (χ0) is 13.4. The Balaban J connectivity index is 2.38. The van der Waals surface area contributed by atoms with Crippen molar-refractivity contribution in [2.45, 2.75) is 0 Å². The third-order valence-corrected chi connectivity index (χ3v) is 3.02. The number of aromatic hydroxyl groups is 1. The van der Waals surface area contributed by atoms with Crippen molar-refractivity contribution in [3.8, 4) is 16.9 Å². The fourth-order valence-electron chi connectivity index (χ4n) is 2.14. The molecule has 0 aliphatic carbocycles. The Kier molecular flexibility index (Phi) is 2.49. The highest BCUT2D eigenvalue weighted by molar-refractivity contribution is 6.03. The Morgan fingerprint density at radius 1 is 1.11 bits per heavy atom. The number of phenolic OH excluding ortho intramolecular Hbond substituents is 1. The molecule has 0 aliphatic rings. The minimum Gasteiger partial charge on any atom is -0.508 e. The summed E-state index contributed by atoms with van der Waals surface area (Å²) >= 11 is 0. The number of aromatic carboxylic acids is 1. The van der Waals surface area contributed by atoms with E-state index in [1.54, 1.807) is 42.7 Å². The molecule has 94 valence electrons. The van der Waals surface area contributed by atoms with Crippen LogP contribution >= 0.6 is 0 Å². The minimum absolute atomic E-state index is 0.105. The van der Waals surface area contributed by atoms with Crippen LogP contribution in [-0.2, 0) is 0 Å². The van der Waals surface area contributed by atoms with Crippen LogP contribution in [0.3, 0.4) is 0 Å². The molecule has 0 aliphatic heterocycles. The molecule has 0 bridgehead atoms. The quantitative estimate of drug-likeness (QED) is 0.734. The van der Waals surface area contributed by atoms with E-state index in [9.17, 15) is 9.90 Å². The van der Waals surface area contributed by atoms with Crippen molar-refractivity contribution in [2.24, 2.45) is 0 Å². The Labute approximate surface area is 108 Å². The van der Waals surface area contributed by atoms with Crippen LogP contribution in [0.2, 0.25) is 0 Å². The van der Waals surface area contributed by atoms with Gasteiger partial charge in [0.1, 0.15) is 5.75 Å². The van der Waals surface area contributed by atoms with E-state index in [0.29, 0.717) is 5.39 Å². The van der Waals surface area contributed by atoms with E-state index in [2.05, 4.69) is 0 Å². The van der Waals surface area contributed by atoms with E-state index in [4.69, 9.17) is 9.52 Å². The molecular formula is C15H10O4. The van der Waals surface area contributed by atoms with E-state index in [-0.39, 0.29) is 11.3 Å². The van der Waals surface area contributed by atoms with Crippen LogP contribution in [0, 0.1) is 0 Å². The third-order valence-electron chi connectivity index (χ3n) is 3.02. The second-order valence-corrected chi connectivity index (χ2v) is 4.25. The van der Waals surface area contributed by atoms with Gasteiger partial charge in [-0.1, -0.05) is 6.07 Å². The molecule has 4 heteroatoms. The number of furan rings is 1. The second kappa shape index (κ2) is 4.17. The maximum Gasteiger partial charge on any atom is 0.335 e. The first-order valence-corrected chi connectivity index (χ1v) is 5.68. The monoisotopic (exact) mass is 254 g/mol. The lowest BCUT2D eigenvalue weighted by molar-refractivity contribution is 0.0697. The molecule has 0 amide bonds. The molecule has 0 saturated heterocycles. The number of carbonyl (C=O) groups is 1. The third kappa shape index (κ3) is 1.93. The van der Waals surface area contributed by atoms with E-state index in [0.717, 1.165) is 16.5 Å². The van der Waals surface area contributed by atoms with Gasteiger partial charge in [0.2, 0.25) is 0 Å². The Morgan fingerprint density at radius 2 is 1.95 bits per heavy atom. The van der Waals surface area contributed by atoms with Gasteiger partial charge in [-0.2, -0.15) is 0 Å². The largest absolute Gasteiger partial charge is 0.508 e. The zero-order valence-electron chi connectivity index (χ0n) is 9.83. The lowest BCUT2D eigenvalue weighted by Crippen LogP contribution is -1.96. The SMILES string of the molecule is O=C(O)c1cc(-c2ccoc2)c2ccc(O)cc2c1. The molecule has 0 spiro atoms. The van der Waals surface area contributed by atoms with E-state index in [1.807, 2.05) is 0 Å². The number of benzene rings is 2. The van der Waals surface area contributed by atoms with Gasteiger partial charge in [0, 0.05) is 5.56 Å². The Bertz CT molecular complexity index is 757. The number of carboxylic acids is 1. The van der Waals surface area contributed by atoms with E-state index >= 15 is 0 Å². The summed E-state index contributed by atoms with van der Waals surface area (Å²) in [7, 11) is 0. The van der Waals surface area contributed by atoms with Crippen molar-refractivity contribution >= 4 is 16.7 Å². The summed E-state index contributed by atoms with van der Waals surface area (Å²) in [5.74, 6) is -0.900. The highest BCUT2D eigenvalue weighted by atomic mass is 16.4. The number of carboxylic acid groups (broad SMARTS) is 1. The zero-order valence-corrected chi connectivity index (χ0v) is 9.83. The summed E-state index contributed by atoms with van der Waals surface area (Å²) in [6, 6.07) is 9.80. The molecule has 0 radical (unpaired) electrons. The van der Waals surface area contributed by atoms with Crippen LogP contribution in [0.15, 0.2) is 53.3 Å².